The van der Waals surface area contributed by atoms with Gasteiger partial charge in [-0.1, -0.05) is 0 Å². The summed E-state index contributed by atoms with van der Waals surface area (Å²) in [4.78, 5) is 26.0. The third-order valence-corrected chi connectivity index (χ3v) is 4.70. The number of amides is 1. The minimum Gasteiger partial charge on any atom is -0.493 e. The van der Waals surface area contributed by atoms with E-state index in [2.05, 4.69) is 10.2 Å². The number of aromatic nitrogens is 2. The van der Waals surface area contributed by atoms with Crippen LogP contribution in [0, 0.1) is 0 Å². The van der Waals surface area contributed by atoms with Crippen molar-refractivity contribution in [3.63, 3.8) is 0 Å². The average Bonchev–Trinajstić information content (AvgIpc) is 2.72. The van der Waals surface area contributed by atoms with Gasteiger partial charge in [-0.2, -0.15) is 0 Å². The lowest BCUT2D eigenvalue weighted by Gasteiger charge is -2.37. The van der Waals surface area contributed by atoms with Crippen LogP contribution >= 0.6 is 0 Å². The van der Waals surface area contributed by atoms with E-state index < -0.39 is 12.0 Å². The van der Waals surface area contributed by atoms with Crippen molar-refractivity contribution in [3.05, 3.63) is 41.1 Å². The fraction of sp³-hybridized carbons (Fsp3) is 0.368. The molecule has 1 aromatic carbocycles. The van der Waals surface area contributed by atoms with Crippen LogP contribution in [0.15, 0.2) is 24.3 Å². The molecule has 0 aliphatic carbocycles. The number of fused-ring (bicyclic) bond motifs is 1. The second-order valence-corrected chi connectivity index (χ2v) is 6.23. The maximum atomic E-state index is 13.0. The first-order valence-electron chi connectivity index (χ1n) is 8.63. The molecule has 9 heteroatoms. The van der Waals surface area contributed by atoms with E-state index in [9.17, 15) is 14.7 Å². The van der Waals surface area contributed by atoms with Gasteiger partial charge in [-0.25, -0.2) is 0 Å². The van der Waals surface area contributed by atoms with Gasteiger partial charge in [-0.05, 0) is 35.7 Å². The molecule has 1 aromatic heterocycles. The Balaban J connectivity index is 2.00. The van der Waals surface area contributed by atoms with Crippen molar-refractivity contribution in [2.24, 2.45) is 0 Å². The molecule has 1 unspecified atom stereocenters. The first-order chi connectivity index (χ1) is 13.5. The summed E-state index contributed by atoms with van der Waals surface area (Å²) in [7, 11) is 4.51. The van der Waals surface area contributed by atoms with Gasteiger partial charge in [-0.15, -0.1) is 10.2 Å². The number of ether oxygens (including phenoxy) is 3. The summed E-state index contributed by atoms with van der Waals surface area (Å²) in [5, 5.41) is 17.1. The quantitative estimate of drug-likeness (QED) is 0.798. The zero-order valence-electron chi connectivity index (χ0n) is 15.8. The Morgan fingerprint density at radius 2 is 1.82 bits per heavy atom. The van der Waals surface area contributed by atoms with Gasteiger partial charge in [0.2, 0.25) is 5.88 Å². The van der Waals surface area contributed by atoms with E-state index in [-0.39, 0.29) is 18.0 Å². The highest BCUT2D eigenvalue weighted by atomic mass is 16.5. The molecule has 0 radical (unpaired) electrons. The molecule has 1 N–H and O–H groups in total. The predicted molar refractivity (Wildman–Crippen MR) is 97.9 cm³/mol. The second-order valence-electron chi connectivity index (χ2n) is 6.23. The van der Waals surface area contributed by atoms with Crippen LogP contribution in [0.1, 0.15) is 34.1 Å². The Kier molecular flexibility index (Phi) is 5.62. The number of methoxy groups -OCH3 is 3. The van der Waals surface area contributed by atoms with Gasteiger partial charge in [0.25, 0.3) is 5.91 Å². The van der Waals surface area contributed by atoms with E-state index in [1.165, 1.54) is 31.3 Å². The lowest BCUT2D eigenvalue weighted by molar-refractivity contribution is -0.138. The molecule has 1 aliphatic rings. The van der Waals surface area contributed by atoms with Crippen LogP contribution in [-0.2, 0) is 11.2 Å². The van der Waals surface area contributed by atoms with Crippen LogP contribution < -0.4 is 14.2 Å². The average molecular weight is 387 g/mol. The molecule has 0 saturated carbocycles. The van der Waals surface area contributed by atoms with E-state index in [1.54, 1.807) is 13.2 Å². The maximum Gasteiger partial charge on any atom is 0.305 e. The number of carbonyl (C=O) groups is 2. The number of carbonyl (C=O) groups excluding carboxylic acids is 1. The number of hydrogen-bond acceptors (Lipinski definition) is 7. The molecule has 1 aliphatic heterocycles. The SMILES string of the molecule is COc1ccc(C(=O)N2CCc3cc(OC)c(OC)cc3C2CC(=O)O)nn1. The Hall–Kier alpha value is -3.36. The van der Waals surface area contributed by atoms with Crippen molar-refractivity contribution in [1.82, 2.24) is 15.1 Å². The van der Waals surface area contributed by atoms with Gasteiger partial charge in [0.05, 0.1) is 33.8 Å². The molecular formula is C19H21N3O6. The van der Waals surface area contributed by atoms with E-state index >= 15 is 0 Å². The van der Waals surface area contributed by atoms with Crippen molar-refractivity contribution >= 4 is 11.9 Å². The number of carboxylic acid groups (broad SMARTS) is 1. The topological polar surface area (TPSA) is 111 Å². The Bertz CT molecular complexity index is 884. The molecule has 2 heterocycles. The van der Waals surface area contributed by atoms with E-state index in [0.29, 0.717) is 30.3 Å². The number of carboxylic acids is 1. The smallest absolute Gasteiger partial charge is 0.305 e. The molecule has 3 rings (SSSR count). The van der Waals surface area contributed by atoms with Crippen LogP contribution in [0.5, 0.6) is 17.4 Å². The number of rotatable bonds is 6. The highest BCUT2D eigenvalue weighted by Gasteiger charge is 2.34. The molecule has 0 spiro atoms. The van der Waals surface area contributed by atoms with Crippen LogP contribution in [0.3, 0.4) is 0 Å². The molecule has 0 saturated heterocycles. The van der Waals surface area contributed by atoms with Crippen molar-refractivity contribution in [2.75, 3.05) is 27.9 Å². The van der Waals surface area contributed by atoms with E-state index in [1.807, 2.05) is 6.07 Å². The van der Waals surface area contributed by atoms with E-state index in [0.717, 1.165) is 11.1 Å². The number of nitrogens with zero attached hydrogens (tertiary/aromatic N) is 3. The highest BCUT2D eigenvalue weighted by Crippen LogP contribution is 2.39. The summed E-state index contributed by atoms with van der Waals surface area (Å²) in [5.41, 5.74) is 1.77. The molecule has 1 amide bonds. The maximum absolute atomic E-state index is 13.0. The third-order valence-electron chi connectivity index (χ3n) is 4.70. The Morgan fingerprint density at radius 3 is 2.39 bits per heavy atom. The van der Waals surface area contributed by atoms with Gasteiger partial charge in [0.15, 0.2) is 17.2 Å². The lowest BCUT2D eigenvalue weighted by Crippen LogP contribution is -2.41. The lowest BCUT2D eigenvalue weighted by atomic mass is 9.89. The van der Waals surface area contributed by atoms with Crippen LogP contribution in [0.4, 0.5) is 0 Å². The van der Waals surface area contributed by atoms with Gasteiger partial charge in [0, 0.05) is 12.6 Å². The second kappa shape index (κ2) is 8.12. The molecule has 1 atom stereocenters. The molecule has 0 fully saturated rings. The van der Waals surface area contributed by atoms with Gasteiger partial charge >= 0.3 is 5.97 Å². The molecule has 0 bridgehead atoms. The number of hydrogen-bond donors (Lipinski definition) is 1. The van der Waals surface area contributed by atoms with Crippen molar-refractivity contribution < 1.29 is 28.9 Å². The fourth-order valence-corrected chi connectivity index (χ4v) is 3.35. The van der Waals surface area contributed by atoms with Crippen molar-refractivity contribution in [1.29, 1.82) is 0 Å². The van der Waals surface area contributed by atoms with Crippen LogP contribution in [-0.4, -0.2) is 60.0 Å². The van der Waals surface area contributed by atoms with Crippen LogP contribution in [0.2, 0.25) is 0 Å². The zero-order valence-corrected chi connectivity index (χ0v) is 15.8. The number of benzene rings is 1. The zero-order chi connectivity index (χ0) is 20.3. The molecular weight excluding hydrogens is 366 g/mol. The summed E-state index contributed by atoms with van der Waals surface area (Å²) < 4.78 is 15.6. The summed E-state index contributed by atoms with van der Waals surface area (Å²) in [6, 6.07) is 5.96. The molecule has 28 heavy (non-hydrogen) atoms. The summed E-state index contributed by atoms with van der Waals surface area (Å²) in [6.07, 6.45) is 0.318. The first kappa shape index (κ1) is 19.4. The van der Waals surface area contributed by atoms with Crippen molar-refractivity contribution in [2.45, 2.75) is 18.9 Å². The summed E-state index contributed by atoms with van der Waals surface area (Å²) in [6.45, 7) is 0.354. The minimum atomic E-state index is -1.01. The Morgan fingerprint density at radius 1 is 1.11 bits per heavy atom. The fourth-order valence-electron chi connectivity index (χ4n) is 3.35. The molecule has 2 aromatic rings. The van der Waals surface area contributed by atoms with Gasteiger partial charge < -0.3 is 24.2 Å². The monoisotopic (exact) mass is 387 g/mol. The first-order valence-corrected chi connectivity index (χ1v) is 8.63. The Labute approximate surface area is 161 Å². The molecule has 148 valence electrons. The largest absolute Gasteiger partial charge is 0.493 e. The summed E-state index contributed by atoms with van der Waals surface area (Å²) in [5.74, 6) is -0.0566. The minimum absolute atomic E-state index is 0.125. The van der Waals surface area contributed by atoms with Crippen LogP contribution in [0.25, 0.3) is 0 Å². The molecule has 9 nitrogen and oxygen atoms in total. The van der Waals surface area contributed by atoms with Gasteiger partial charge in [-0.3, -0.25) is 9.59 Å². The van der Waals surface area contributed by atoms with Gasteiger partial charge in [0.1, 0.15) is 0 Å². The highest BCUT2D eigenvalue weighted by molar-refractivity contribution is 5.93. The number of aliphatic carboxylic acids is 1. The predicted octanol–water partition coefficient (Wildman–Crippen LogP) is 1.72. The van der Waals surface area contributed by atoms with Crippen molar-refractivity contribution in [3.8, 4) is 17.4 Å². The normalized spacial score (nSPS) is 15.5. The van der Waals surface area contributed by atoms with E-state index in [4.69, 9.17) is 14.2 Å². The summed E-state index contributed by atoms with van der Waals surface area (Å²) >= 11 is 0. The standard InChI is InChI=1S/C19H21N3O6/c1-26-15-8-11-6-7-22(19(25)13-4-5-17(28-3)21-20-13)14(10-18(23)24)12(11)9-16(15)27-2/h4-5,8-9,14H,6-7,10H2,1-3H3,(H,23,24). The third kappa shape index (κ3) is 3.68.